The number of hydrogen-bond donors (Lipinski definition) is 1. The topological polar surface area (TPSA) is 66.8 Å². The molecule has 0 spiro atoms. The number of rotatable bonds is 5. The lowest BCUT2D eigenvalue weighted by molar-refractivity contribution is 0.170. The second-order valence-electron chi connectivity index (χ2n) is 7.28. The van der Waals surface area contributed by atoms with Gasteiger partial charge in [0.2, 0.25) is 0 Å². The van der Waals surface area contributed by atoms with Crippen LogP contribution in [0.15, 0.2) is 36.9 Å². The van der Waals surface area contributed by atoms with Crippen molar-refractivity contribution in [1.29, 1.82) is 0 Å². The Bertz CT molecular complexity index is 905. The van der Waals surface area contributed by atoms with Crippen LogP contribution in [0, 0.1) is 13.8 Å². The Morgan fingerprint density at radius 3 is 2.78 bits per heavy atom. The Labute approximate surface area is 160 Å². The minimum atomic E-state index is 0.280. The smallest absolute Gasteiger partial charge is 0.165 e. The van der Waals surface area contributed by atoms with Crippen molar-refractivity contribution in [2.45, 2.75) is 39.2 Å². The summed E-state index contributed by atoms with van der Waals surface area (Å²) in [5.41, 5.74) is 4.12. The third kappa shape index (κ3) is 3.90. The molecule has 1 N–H and O–H groups in total. The van der Waals surface area contributed by atoms with Crippen LogP contribution in [0.5, 0.6) is 0 Å². The third-order valence-electron chi connectivity index (χ3n) is 5.29. The van der Waals surface area contributed by atoms with E-state index < -0.39 is 0 Å². The number of nitrogens with one attached hydrogen (secondary N) is 1. The maximum Gasteiger partial charge on any atom is 0.165 e. The van der Waals surface area contributed by atoms with Crippen molar-refractivity contribution in [1.82, 2.24) is 24.8 Å². The lowest BCUT2D eigenvalue weighted by atomic mass is 10.0. The highest BCUT2D eigenvalue weighted by Crippen LogP contribution is 2.27. The van der Waals surface area contributed by atoms with Crippen molar-refractivity contribution in [3.8, 4) is 0 Å². The first-order valence-electron chi connectivity index (χ1n) is 9.69. The molecule has 4 heterocycles. The van der Waals surface area contributed by atoms with Gasteiger partial charge in [-0.15, -0.1) is 0 Å². The van der Waals surface area contributed by atoms with Crippen LogP contribution >= 0.6 is 0 Å². The minimum absolute atomic E-state index is 0.280. The monoisotopic (exact) mass is 362 g/mol. The predicted molar refractivity (Wildman–Crippen MR) is 108 cm³/mol. The SMILES string of the molecule is Cc1cc(C)c2c(NC[C@H](c3cccnc3)N3CCCCC3)ncnc2n1. The summed E-state index contributed by atoms with van der Waals surface area (Å²) in [4.78, 5) is 20.3. The minimum Gasteiger partial charge on any atom is -0.367 e. The van der Waals surface area contributed by atoms with Gasteiger partial charge in [0.25, 0.3) is 0 Å². The molecule has 6 heteroatoms. The molecule has 27 heavy (non-hydrogen) atoms. The molecule has 1 aliphatic rings. The van der Waals surface area contributed by atoms with Crippen molar-refractivity contribution in [3.63, 3.8) is 0 Å². The van der Waals surface area contributed by atoms with Gasteiger partial charge in [0.1, 0.15) is 12.1 Å². The van der Waals surface area contributed by atoms with E-state index >= 15 is 0 Å². The van der Waals surface area contributed by atoms with E-state index in [4.69, 9.17) is 0 Å². The molecular weight excluding hydrogens is 336 g/mol. The molecule has 1 atom stereocenters. The van der Waals surface area contributed by atoms with Crippen molar-refractivity contribution in [3.05, 3.63) is 53.7 Å². The summed E-state index contributed by atoms with van der Waals surface area (Å²) in [5.74, 6) is 0.857. The van der Waals surface area contributed by atoms with E-state index in [1.165, 1.54) is 24.8 Å². The fourth-order valence-corrected chi connectivity index (χ4v) is 4.00. The normalized spacial score (nSPS) is 16.4. The van der Waals surface area contributed by atoms with Gasteiger partial charge in [0.05, 0.1) is 11.4 Å². The molecule has 0 unspecified atom stereocenters. The Balaban J connectivity index is 1.62. The van der Waals surface area contributed by atoms with Gasteiger partial charge < -0.3 is 5.32 Å². The Morgan fingerprint density at radius 1 is 1.15 bits per heavy atom. The molecule has 0 aliphatic carbocycles. The number of nitrogens with zero attached hydrogens (tertiary/aromatic N) is 5. The molecule has 1 fully saturated rings. The number of hydrogen-bond acceptors (Lipinski definition) is 6. The summed E-state index contributed by atoms with van der Waals surface area (Å²) in [6.07, 6.45) is 9.25. The summed E-state index contributed by atoms with van der Waals surface area (Å²) in [5, 5.41) is 4.59. The molecular formula is C21H26N6. The van der Waals surface area contributed by atoms with E-state index in [0.717, 1.165) is 47.7 Å². The van der Waals surface area contributed by atoms with Crippen LogP contribution in [0.1, 0.15) is 42.1 Å². The van der Waals surface area contributed by atoms with Crippen LogP contribution in [-0.2, 0) is 0 Å². The van der Waals surface area contributed by atoms with E-state index in [1.54, 1.807) is 6.33 Å². The second-order valence-corrected chi connectivity index (χ2v) is 7.28. The summed E-state index contributed by atoms with van der Waals surface area (Å²) < 4.78 is 0. The average molecular weight is 362 g/mol. The van der Waals surface area contributed by atoms with E-state index in [-0.39, 0.29) is 6.04 Å². The van der Waals surface area contributed by atoms with Gasteiger partial charge >= 0.3 is 0 Å². The number of aryl methyl sites for hydroxylation is 2. The highest BCUT2D eigenvalue weighted by molar-refractivity contribution is 5.89. The van der Waals surface area contributed by atoms with Gasteiger partial charge in [-0.2, -0.15) is 0 Å². The number of aromatic nitrogens is 4. The van der Waals surface area contributed by atoms with Gasteiger partial charge in [0, 0.05) is 24.6 Å². The maximum atomic E-state index is 4.56. The van der Waals surface area contributed by atoms with Crippen LogP contribution in [-0.4, -0.2) is 44.5 Å². The Kier molecular flexibility index (Phi) is 5.25. The van der Waals surface area contributed by atoms with Crippen molar-refractivity contribution in [2.75, 3.05) is 25.0 Å². The van der Waals surface area contributed by atoms with Crippen LogP contribution in [0.2, 0.25) is 0 Å². The van der Waals surface area contributed by atoms with Crippen molar-refractivity contribution >= 4 is 16.9 Å². The fourth-order valence-electron chi connectivity index (χ4n) is 4.00. The molecule has 4 rings (SSSR count). The van der Waals surface area contributed by atoms with Gasteiger partial charge in [0.15, 0.2) is 5.65 Å². The Hall–Kier alpha value is -2.60. The molecule has 0 saturated carbocycles. The van der Waals surface area contributed by atoms with Gasteiger partial charge in [-0.05, 0) is 63.0 Å². The standard InChI is InChI=1S/C21H26N6/c1-15-11-16(2)26-21-19(15)20(24-14-25-21)23-13-18(17-7-6-8-22-12-17)27-9-4-3-5-10-27/h6-8,11-12,14,18H,3-5,9-10,13H2,1-2H3,(H,23,24,25,26)/t18-/m1/s1. The number of likely N-dealkylation sites (tertiary alicyclic amines) is 1. The molecule has 6 nitrogen and oxygen atoms in total. The molecule has 0 radical (unpaired) electrons. The number of pyridine rings is 2. The zero-order valence-electron chi connectivity index (χ0n) is 16.0. The Morgan fingerprint density at radius 2 is 2.00 bits per heavy atom. The number of piperidine rings is 1. The highest BCUT2D eigenvalue weighted by Gasteiger charge is 2.23. The fraction of sp³-hybridized carbons (Fsp3) is 0.429. The van der Waals surface area contributed by atoms with Gasteiger partial charge in [-0.1, -0.05) is 12.5 Å². The number of anilines is 1. The lowest BCUT2D eigenvalue weighted by Crippen LogP contribution is -2.37. The first kappa shape index (κ1) is 17.8. The van der Waals surface area contributed by atoms with Gasteiger partial charge in [-0.3, -0.25) is 9.88 Å². The number of fused-ring (bicyclic) bond motifs is 1. The first-order chi connectivity index (χ1) is 13.2. The average Bonchev–Trinajstić information content (AvgIpc) is 2.69. The molecule has 1 saturated heterocycles. The molecule has 0 bridgehead atoms. The maximum absolute atomic E-state index is 4.56. The van der Waals surface area contributed by atoms with Crippen molar-refractivity contribution < 1.29 is 0 Å². The quantitative estimate of drug-likeness (QED) is 0.747. The van der Waals surface area contributed by atoms with Crippen molar-refractivity contribution in [2.24, 2.45) is 0 Å². The molecule has 0 aromatic carbocycles. The summed E-state index contributed by atoms with van der Waals surface area (Å²) in [6, 6.07) is 6.55. The van der Waals surface area contributed by atoms with E-state index in [0.29, 0.717) is 0 Å². The molecule has 1 aliphatic heterocycles. The zero-order valence-corrected chi connectivity index (χ0v) is 16.0. The summed E-state index contributed by atoms with van der Waals surface area (Å²) in [7, 11) is 0. The van der Waals surface area contributed by atoms with E-state index in [9.17, 15) is 0 Å². The largest absolute Gasteiger partial charge is 0.367 e. The first-order valence-corrected chi connectivity index (χ1v) is 9.69. The lowest BCUT2D eigenvalue weighted by Gasteiger charge is -2.35. The molecule has 3 aromatic rings. The summed E-state index contributed by atoms with van der Waals surface area (Å²) >= 11 is 0. The van der Waals surface area contributed by atoms with Crippen LogP contribution in [0.3, 0.4) is 0 Å². The van der Waals surface area contributed by atoms with Gasteiger partial charge in [-0.25, -0.2) is 15.0 Å². The van der Waals surface area contributed by atoms with E-state index in [1.807, 2.05) is 25.4 Å². The summed E-state index contributed by atoms with van der Waals surface area (Å²) in [6.45, 7) is 7.13. The molecule has 140 valence electrons. The third-order valence-corrected chi connectivity index (χ3v) is 5.29. The predicted octanol–water partition coefficient (Wildman–Crippen LogP) is 3.68. The van der Waals surface area contributed by atoms with E-state index in [2.05, 4.69) is 49.2 Å². The molecule has 3 aromatic heterocycles. The zero-order chi connectivity index (χ0) is 18.6. The highest BCUT2D eigenvalue weighted by atomic mass is 15.2. The van der Waals surface area contributed by atoms with Crippen LogP contribution in [0.4, 0.5) is 5.82 Å². The molecule has 0 amide bonds. The second kappa shape index (κ2) is 7.96. The van der Waals surface area contributed by atoms with Crippen LogP contribution in [0.25, 0.3) is 11.0 Å². The van der Waals surface area contributed by atoms with Crippen LogP contribution < -0.4 is 5.32 Å².